The number of ether oxygens (including phenoxy) is 1. The molecule has 0 aliphatic heterocycles. The highest BCUT2D eigenvalue weighted by Crippen LogP contribution is 2.20. The molecule has 7 nitrogen and oxygen atoms in total. The first-order valence-corrected chi connectivity index (χ1v) is 10.9. The first-order chi connectivity index (χ1) is 14.9. The summed E-state index contributed by atoms with van der Waals surface area (Å²) in [6.45, 7) is 1.65. The number of benzene rings is 3. The molecular formula is C23H21N3O4S. The minimum Gasteiger partial charge on any atom is -0.484 e. The fourth-order valence-electron chi connectivity index (χ4n) is 2.78. The van der Waals surface area contributed by atoms with Gasteiger partial charge < -0.3 is 10.1 Å². The van der Waals surface area contributed by atoms with Gasteiger partial charge in [-0.15, -0.1) is 0 Å². The van der Waals surface area contributed by atoms with Gasteiger partial charge in [0.1, 0.15) is 5.75 Å². The molecule has 0 atom stereocenters. The number of anilines is 2. The lowest BCUT2D eigenvalue weighted by Crippen LogP contribution is -2.20. The van der Waals surface area contributed by atoms with E-state index in [9.17, 15) is 13.2 Å². The summed E-state index contributed by atoms with van der Waals surface area (Å²) >= 11 is 0. The Morgan fingerprint density at radius 1 is 1.00 bits per heavy atom. The van der Waals surface area contributed by atoms with Gasteiger partial charge in [0.05, 0.1) is 17.4 Å². The lowest BCUT2D eigenvalue weighted by atomic mass is 10.1. The zero-order valence-electron chi connectivity index (χ0n) is 16.8. The van der Waals surface area contributed by atoms with Gasteiger partial charge in [0.15, 0.2) is 6.61 Å². The van der Waals surface area contributed by atoms with Crippen LogP contribution in [0.5, 0.6) is 5.75 Å². The molecule has 0 fully saturated rings. The van der Waals surface area contributed by atoms with Crippen LogP contribution in [0.15, 0.2) is 77.7 Å². The lowest BCUT2D eigenvalue weighted by molar-refractivity contribution is -0.118. The molecule has 158 valence electrons. The normalized spacial score (nSPS) is 10.7. The van der Waals surface area contributed by atoms with Crippen LogP contribution in [0, 0.1) is 18.3 Å². The van der Waals surface area contributed by atoms with Crippen LogP contribution in [0.2, 0.25) is 0 Å². The Labute approximate surface area is 181 Å². The first-order valence-electron chi connectivity index (χ1n) is 9.44. The standard InChI is InChI=1S/C23H21N3O4S/c1-17-3-2-4-20(15-17)26-31(28,29)22-11-9-21(10-12-22)30-16-23(27)25-19-7-5-18(6-8-19)13-14-24/h2-12,15,26H,13,16H2,1H3,(H,25,27). The maximum Gasteiger partial charge on any atom is 0.262 e. The van der Waals surface area contributed by atoms with E-state index in [2.05, 4.69) is 16.1 Å². The van der Waals surface area contributed by atoms with Crippen LogP contribution in [0.25, 0.3) is 0 Å². The summed E-state index contributed by atoms with van der Waals surface area (Å²) in [5.74, 6) is 0.0138. The SMILES string of the molecule is Cc1cccc(NS(=O)(=O)c2ccc(OCC(=O)Nc3ccc(CC#N)cc3)cc2)c1. The molecule has 31 heavy (non-hydrogen) atoms. The number of nitrogens with zero attached hydrogens (tertiary/aromatic N) is 1. The Hall–Kier alpha value is -3.83. The van der Waals surface area contributed by atoms with E-state index in [1.807, 2.05) is 13.0 Å². The summed E-state index contributed by atoms with van der Waals surface area (Å²) in [5.41, 5.74) is 2.89. The van der Waals surface area contributed by atoms with Gasteiger partial charge in [-0.3, -0.25) is 9.52 Å². The molecule has 0 bridgehead atoms. The smallest absolute Gasteiger partial charge is 0.262 e. The molecule has 3 rings (SSSR count). The van der Waals surface area contributed by atoms with Crippen LogP contribution < -0.4 is 14.8 Å². The Bertz CT molecular complexity index is 1200. The van der Waals surface area contributed by atoms with Gasteiger partial charge in [0.2, 0.25) is 0 Å². The summed E-state index contributed by atoms with van der Waals surface area (Å²) in [5, 5.41) is 11.4. The van der Waals surface area contributed by atoms with Crippen molar-refractivity contribution in [2.45, 2.75) is 18.2 Å². The average Bonchev–Trinajstić information content (AvgIpc) is 2.74. The molecule has 1 amide bonds. The highest BCUT2D eigenvalue weighted by atomic mass is 32.2. The van der Waals surface area contributed by atoms with Crippen molar-refractivity contribution in [2.24, 2.45) is 0 Å². The topological polar surface area (TPSA) is 108 Å². The number of carbonyl (C=O) groups is 1. The van der Waals surface area contributed by atoms with Gasteiger partial charge in [-0.2, -0.15) is 5.26 Å². The molecule has 0 unspecified atom stereocenters. The monoisotopic (exact) mass is 435 g/mol. The molecule has 0 saturated carbocycles. The van der Waals surface area contributed by atoms with Crippen molar-refractivity contribution in [2.75, 3.05) is 16.6 Å². The van der Waals surface area contributed by atoms with Gasteiger partial charge >= 0.3 is 0 Å². The number of aryl methyl sites for hydroxylation is 1. The lowest BCUT2D eigenvalue weighted by Gasteiger charge is -2.10. The van der Waals surface area contributed by atoms with Crippen LogP contribution in [0.1, 0.15) is 11.1 Å². The fourth-order valence-corrected chi connectivity index (χ4v) is 3.83. The second-order valence-electron chi connectivity index (χ2n) is 6.82. The van der Waals surface area contributed by atoms with Crippen LogP contribution in [-0.4, -0.2) is 20.9 Å². The van der Waals surface area contributed by atoms with E-state index in [4.69, 9.17) is 10.00 Å². The zero-order chi connectivity index (χ0) is 22.3. The quantitative estimate of drug-likeness (QED) is 0.558. The Balaban J connectivity index is 1.55. The maximum absolute atomic E-state index is 12.5. The second-order valence-corrected chi connectivity index (χ2v) is 8.50. The molecule has 0 radical (unpaired) electrons. The van der Waals surface area contributed by atoms with Crippen molar-refractivity contribution in [1.29, 1.82) is 5.26 Å². The number of carbonyl (C=O) groups excluding carboxylic acids is 1. The Kier molecular flexibility index (Phi) is 6.90. The van der Waals surface area contributed by atoms with Crippen molar-refractivity contribution >= 4 is 27.3 Å². The molecule has 0 saturated heterocycles. The van der Waals surface area contributed by atoms with Crippen molar-refractivity contribution < 1.29 is 17.9 Å². The van der Waals surface area contributed by atoms with Gasteiger partial charge in [-0.25, -0.2) is 8.42 Å². The maximum atomic E-state index is 12.5. The molecule has 0 spiro atoms. The Morgan fingerprint density at radius 2 is 1.71 bits per heavy atom. The van der Waals surface area contributed by atoms with E-state index in [0.717, 1.165) is 11.1 Å². The van der Waals surface area contributed by atoms with Crippen LogP contribution >= 0.6 is 0 Å². The van der Waals surface area contributed by atoms with Crippen molar-refractivity contribution in [3.63, 3.8) is 0 Å². The largest absolute Gasteiger partial charge is 0.484 e. The Morgan fingerprint density at radius 3 is 2.35 bits per heavy atom. The van der Waals surface area contributed by atoms with E-state index in [0.29, 0.717) is 23.5 Å². The number of nitriles is 1. The minimum atomic E-state index is -3.73. The number of hydrogen-bond acceptors (Lipinski definition) is 5. The molecule has 0 aliphatic rings. The number of sulfonamides is 1. The van der Waals surface area contributed by atoms with Crippen LogP contribution in [0.3, 0.4) is 0 Å². The molecular weight excluding hydrogens is 414 g/mol. The highest BCUT2D eigenvalue weighted by molar-refractivity contribution is 7.92. The first kappa shape index (κ1) is 21.9. The molecule has 0 aliphatic carbocycles. The third-order valence-electron chi connectivity index (χ3n) is 4.30. The fraction of sp³-hybridized carbons (Fsp3) is 0.130. The third kappa shape index (κ3) is 6.32. The predicted molar refractivity (Wildman–Crippen MR) is 118 cm³/mol. The van der Waals surface area contributed by atoms with Gasteiger partial charge in [0, 0.05) is 11.4 Å². The summed E-state index contributed by atoms with van der Waals surface area (Å²) in [6, 6.07) is 21.9. The number of rotatable bonds is 8. The second kappa shape index (κ2) is 9.78. The summed E-state index contributed by atoms with van der Waals surface area (Å²) in [7, 11) is -3.73. The molecule has 0 heterocycles. The van der Waals surface area contributed by atoms with Crippen molar-refractivity contribution in [1.82, 2.24) is 0 Å². The van der Waals surface area contributed by atoms with E-state index in [1.165, 1.54) is 24.3 Å². The van der Waals surface area contributed by atoms with Crippen molar-refractivity contribution in [3.8, 4) is 11.8 Å². The van der Waals surface area contributed by atoms with E-state index >= 15 is 0 Å². The van der Waals surface area contributed by atoms with Crippen LogP contribution in [0.4, 0.5) is 11.4 Å². The summed E-state index contributed by atoms with van der Waals surface area (Å²) < 4.78 is 33.0. The highest BCUT2D eigenvalue weighted by Gasteiger charge is 2.14. The summed E-state index contributed by atoms with van der Waals surface area (Å²) in [4.78, 5) is 12.1. The van der Waals surface area contributed by atoms with Crippen molar-refractivity contribution in [3.05, 3.63) is 83.9 Å². The summed E-state index contributed by atoms with van der Waals surface area (Å²) in [6.07, 6.45) is 0.309. The van der Waals surface area contributed by atoms with Gasteiger partial charge in [-0.1, -0.05) is 24.3 Å². The third-order valence-corrected chi connectivity index (χ3v) is 5.69. The van der Waals surface area contributed by atoms with E-state index < -0.39 is 10.0 Å². The van der Waals surface area contributed by atoms with E-state index in [1.54, 1.807) is 42.5 Å². The molecule has 8 heteroatoms. The average molecular weight is 436 g/mol. The number of amides is 1. The predicted octanol–water partition coefficient (Wildman–Crippen LogP) is 3.88. The van der Waals surface area contributed by atoms with Gasteiger partial charge in [0.25, 0.3) is 15.9 Å². The number of nitrogens with one attached hydrogen (secondary N) is 2. The van der Waals surface area contributed by atoms with Crippen LogP contribution in [-0.2, 0) is 21.2 Å². The number of hydrogen-bond donors (Lipinski definition) is 2. The van der Waals surface area contributed by atoms with Gasteiger partial charge in [-0.05, 0) is 66.6 Å². The molecule has 3 aromatic carbocycles. The van der Waals surface area contributed by atoms with E-state index in [-0.39, 0.29) is 17.4 Å². The zero-order valence-corrected chi connectivity index (χ0v) is 17.6. The minimum absolute atomic E-state index is 0.0864. The molecule has 3 aromatic rings. The molecule has 2 N–H and O–H groups in total. The molecule has 0 aromatic heterocycles.